The van der Waals surface area contributed by atoms with E-state index in [4.69, 9.17) is 5.73 Å². The minimum atomic E-state index is -0.588. The van der Waals surface area contributed by atoms with E-state index >= 15 is 0 Å². The van der Waals surface area contributed by atoms with Crippen molar-refractivity contribution < 1.29 is 14.4 Å². The first-order valence-electron chi connectivity index (χ1n) is 7.12. The topological polar surface area (TPSA) is 105 Å². The van der Waals surface area contributed by atoms with E-state index in [1.165, 1.54) is 0 Å². The number of anilines is 1. The van der Waals surface area contributed by atoms with Gasteiger partial charge in [0.05, 0.1) is 19.1 Å². The summed E-state index contributed by atoms with van der Waals surface area (Å²) in [5, 5.41) is 5.21. The Labute approximate surface area is 141 Å². The van der Waals surface area contributed by atoms with E-state index in [9.17, 15) is 14.4 Å². The first-order valence-corrected chi connectivity index (χ1v) is 7.12. The van der Waals surface area contributed by atoms with Crippen LogP contribution in [0, 0.1) is 5.92 Å². The van der Waals surface area contributed by atoms with Crippen LogP contribution in [0.1, 0.15) is 19.4 Å². The summed E-state index contributed by atoms with van der Waals surface area (Å²) in [5.74, 6) is -0.488. The molecule has 1 aromatic carbocycles. The number of imide groups is 1. The van der Waals surface area contributed by atoms with Gasteiger partial charge in [0.2, 0.25) is 11.8 Å². The van der Waals surface area contributed by atoms with E-state index in [0.29, 0.717) is 5.69 Å². The number of nitrogens with two attached hydrogens (primary N) is 1. The van der Waals surface area contributed by atoms with Crippen LogP contribution in [-0.2, 0) is 16.1 Å². The molecule has 0 bridgehead atoms. The molecule has 1 aliphatic heterocycles. The Hall–Kier alpha value is -2.12. The van der Waals surface area contributed by atoms with Crippen molar-refractivity contribution in [3.63, 3.8) is 0 Å². The highest BCUT2D eigenvalue weighted by molar-refractivity contribution is 6.01. The van der Waals surface area contributed by atoms with Gasteiger partial charge in [-0.1, -0.05) is 26.0 Å². The molecule has 0 saturated carbocycles. The fourth-order valence-electron chi connectivity index (χ4n) is 2.07. The maximum Gasteiger partial charge on any atom is 0.324 e. The Kier molecular flexibility index (Phi) is 6.53. The highest BCUT2D eigenvalue weighted by Crippen LogP contribution is 2.15. The van der Waals surface area contributed by atoms with Crippen molar-refractivity contribution in [1.29, 1.82) is 0 Å². The number of rotatable bonds is 5. The second kappa shape index (κ2) is 7.94. The molecule has 1 atom stereocenters. The van der Waals surface area contributed by atoms with Crippen LogP contribution in [-0.4, -0.2) is 35.3 Å². The van der Waals surface area contributed by atoms with Gasteiger partial charge in [0.25, 0.3) is 0 Å². The van der Waals surface area contributed by atoms with Crippen molar-refractivity contribution in [3.8, 4) is 0 Å². The molecule has 1 aliphatic rings. The molecule has 4 N–H and O–H groups in total. The van der Waals surface area contributed by atoms with Crippen molar-refractivity contribution in [1.82, 2.24) is 10.2 Å². The number of benzene rings is 1. The first-order chi connectivity index (χ1) is 10.4. The summed E-state index contributed by atoms with van der Waals surface area (Å²) in [6.07, 6.45) is 0. The number of halogens is 1. The molecule has 126 valence electrons. The van der Waals surface area contributed by atoms with Crippen molar-refractivity contribution >= 4 is 35.9 Å². The molecule has 2 rings (SSSR count). The molecule has 0 spiro atoms. The zero-order valence-electron chi connectivity index (χ0n) is 13.0. The summed E-state index contributed by atoms with van der Waals surface area (Å²) in [4.78, 5) is 36.2. The normalized spacial score (nSPS) is 15.2. The molecule has 8 heteroatoms. The molecule has 0 aromatic heterocycles. The number of carbonyl (C=O) groups is 3. The molecule has 1 aromatic rings. The van der Waals surface area contributed by atoms with E-state index in [-0.39, 0.29) is 43.2 Å². The van der Waals surface area contributed by atoms with Gasteiger partial charge < -0.3 is 16.4 Å². The van der Waals surface area contributed by atoms with Gasteiger partial charge in [0.1, 0.15) is 0 Å². The van der Waals surface area contributed by atoms with Crippen LogP contribution in [0.3, 0.4) is 0 Å². The first kappa shape index (κ1) is 18.9. The monoisotopic (exact) mass is 340 g/mol. The zero-order valence-corrected chi connectivity index (χ0v) is 13.9. The summed E-state index contributed by atoms with van der Waals surface area (Å²) in [6, 6.07) is 6.02. The summed E-state index contributed by atoms with van der Waals surface area (Å²) in [5.41, 5.74) is 7.14. The second-order valence-corrected chi connectivity index (χ2v) is 5.60. The number of nitrogens with zero attached hydrogens (tertiary/aromatic N) is 1. The summed E-state index contributed by atoms with van der Waals surface area (Å²) < 4.78 is 0. The van der Waals surface area contributed by atoms with Crippen molar-refractivity contribution in [3.05, 3.63) is 29.8 Å². The van der Waals surface area contributed by atoms with Crippen LogP contribution in [0.25, 0.3) is 0 Å². The highest BCUT2D eigenvalue weighted by atomic mass is 35.5. The minimum absolute atomic E-state index is 0. The molecule has 7 nitrogen and oxygen atoms in total. The third-order valence-corrected chi connectivity index (χ3v) is 3.49. The quantitative estimate of drug-likeness (QED) is 0.697. The lowest BCUT2D eigenvalue weighted by Gasteiger charge is -2.16. The van der Waals surface area contributed by atoms with Crippen LogP contribution in [0.4, 0.5) is 10.5 Å². The van der Waals surface area contributed by atoms with Gasteiger partial charge in [0, 0.05) is 5.69 Å². The van der Waals surface area contributed by atoms with Crippen LogP contribution < -0.4 is 16.4 Å². The van der Waals surface area contributed by atoms with E-state index in [0.717, 1.165) is 10.5 Å². The smallest absolute Gasteiger partial charge is 0.324 e. The van der Waals surface area contributed by atoms with E-state index in [1.54, 1.807) is 24.3 Å². The lowest BCUT2D eigenvalue weighted by molar-refractivity contribution is -0.125. The number of hydrogen-bond donors (Lipinski definition) is 3. The molecular weight excluding hydrogens is 320 g/mol. The molecule has 1 saturated heterocycles. The van der Waals surface area contributed by atoms with Gasteiger partial charge in [0.15, 0.2) is 0 Å². The van der Waals surface area contributed by atoms with Gasteiger partial charge in [-0.25, -0.2) is 4.79 Å². The van der Waals surface area contributed by atoms with Crippen molar-refractivity contribution in [2.75, 3.05) is 11.9 Å². The Morgan fingerprint density at radius 2 is 2.09 bits per heavy atom. The van der Waals surface area contributed by atoms with E-state index in [1.807, 2.05) is 13.8 Å². The van der Waals surface area contributed by atoms with Crippen LogP contribution in [0.5, 0.6) is 0 Å². The molecule has 23 heavy (non-hydrogen) atoms. The maximum absolute atomic E-state index is 11.9. The average Bonchev–Trinajstić information content (AvgIpc) is 2.78. The van der Waals surface area contributed by atoms with Crippen molar-refractivity contribution in [2.45, 2.75) is 26.4 Å². The SMILES string of the molecule is CC(C)[C@H](N)C(=O)Nc1cccc(CN2C(=O)CNC2=O)c1.Cl. The van der Waals surface area contributed by atoms with Gasteiger partial charge in [-0.15, -0.1) is 12.4 Å². The Bertz CT molecular complexity index is 590. The van der Waals surface area contributed by atoms with E-state index in [2.05, 4.69) is 10.6 Å². The fraction of sp³-hybridized carbons (Fsp3) is 0.400. The third kappa shape index (κ3) is 4.67. The number of carbonyl (C=O) groups excluding carboxylic acids is 3. The lowest BCUT2D eigenvalue weighted by Crippen LogP contribution is -2.39. The van der Waals surface area contributed by atoms with Crippen LogP contribution in [0.2, 0.25) is 0 Å². The number of urea groups is 1. The Balaban J connectivity index is 0.00000264. The lowest BCUT2D eigenvalue weighted by atomic mass is 10.0. The fourth-order valence-corrected chi connectivity index (χ4v) is 2.07. The van der Waals surface area contributed by atoms with Gasteiger partial charge in [-0.2, -0.15) is 0 Å². The maximum atomic E-state index is 11.9. The number of hydrogen-bond acceptors (Lipinski definition) is 4. The third-order valence-electron chi connectivity index (χ3n) is 3.49. The Morgan fingerprint density at radius 1 is 1.39 bits per heavy atom. The zero-order chi connectivity index (χ0) is 16.3. The minimum Gasteiger partial charge on any atom is -0.329 e. The largest absolute Gasteiger partial charge is 0.329 e. The average molecular weight is 341 g/mol. The van der Waals surface area contributed by atoms with Gasteiger partial charge in [-0.3, -0.25) is 14.5 Å². The summed E-state index contributed by atoms with van der Waals surface area (Å²) in [7, 11) is 0. The van der Waals surface area contributed by atoms with Crippen LogP contribution >= 0.6 is 12.4 Å². The number of nitrogens with one attached hydrogen (secondary N) is 2. The molecular formula is C15H21ClN4O3. The Morgan fingerprint density at radius 3 is 2.65 bits per heavy atom. The van der Waals surface area contributed by atoms with Crippen molar-refractivity contribution in [2.24, 2.45) is 11.7 Å². The van der Waals surface area contributed by atoms with E-state index < -0.39 is 12.1 Å². The second-order valence-electron chi connectivity index (χ2n) is 5.60. The number of amides is 4. The molecule has 1 fully saturated rings. The molecule has 1 heterocycles. The highest BCUT2D eigenvalue weighted by Gasteiger charge is 2.28. The van der Waals surface area contributed by atoms with Gasteiger partial charge >= 0.3 is 6.03 Å². The molecule has 4 amide bonds. The predicted octanol–water partition coefficient (Wildman–Crippen LogP) is 1.08. The summed E-state index contributed by atoms with van der Waals surface area (Å²) >= 11 is 0. The predicted molar refractivity (Wildman–Crippen MR) is 89.1 cm³/mol. The van der Waals surface area contributed by atoms with Gasteiger partial charge in [-0.05, 0) is 23.6 Å². The molecule has 0 aliphatic carbocycles. The molecule has 0 radical (unpaired) electrons. The molecule has 0 unspecified atom stereocenters. The summed E-state index contributed by atoms with van der Waals surface area (Å²) in [6.45, 7) is 3.94. The standard InChI is InChI=1S/C15H20N4O3.ClH/c1-9(2)13(16)14(21)18-11-5-3-4-10(6-11)8-19-12(20)7-17-15(19)22;/h3-6,9,13H,7-8,16H2,1-2H3,(H,17,22)(H,18,21);1H/t13-;/m0./s1. The van der Waals surface area contributed by atoms with Crippen LogP contribution in [0.15, 0.2) is 24.3 Å².